The Morgan fingerprint density at radius 3 is 1.33 bits per heavy atom. The highest BCUT2D eigenvalue weighted by Gasteiger charge is 2.53. The first-order valence-electron chi connectivity index (χ1n) is 18.4. The lowest BCUT2D eigenvalue weighted by Crippen LogP contribution is -2.68. The minimum absolute atomic E-state index is 0.188. The first kappa shape index (κ1) is 38.2. The molecule has 0 unspecified atom stereocenters. The molecule has 5 aromatic carbocycles. The Hall–Kier alpha value is -3.53. The summed E-state index contributed by atoms with van der Waals surface area (Å²) in [4.78, 5) is 0. The van der Waals surface area contributed by atoms with Crippen molar-refractivity contribution < 1.29 is 23.4 Å². The third-order valence-electron chi connectivity index (χ3n) is 9.66. The van der Waals surface area contributed by atoms with Crippen LogP contribution in [0.4, 0.5) is 0 Å². The summed E-state index contributed by atoms with van der Waals surface area (Å²) in [5.41, 5.74) is 2.99. The molecule has 0 aliphatic carbocycles. The molecule has 0 saturated carbocycles. The van der Waals surface area contributed by atoms with Crippen LogP contribution in [0.3, 0.4) is 0 Å². The van der Waals surface area contributed by atoms with Gasteiger partial charge in [-0.3, -0.25) is 0 Å². The molecular formula is C45H52O5SSi. The molecule has 0 N–H and O–H groups in total. The summed E-state index contributed by atoms with van der Waals surface area (Å²) < 4.78 is 35.4. The number of hydrogen-bond acceptors (Lipinski definition) is 6. The maximum Gasteiger partial charge on any atom is 0.261 e. The topological polar surface area (TPSA) is 46.2 Å². The lowest BCUT2D eigenvalue weighted by atomic mass is 9.99. The van der Waals surface area contributed by atoms with Crippen LogP contribution < -0.4 is 10.4 Å². The third kappa shape index (κ3) is 9.33. The summed E-state index contributed by atoms with van der Waals surface area (Å²) in [5, 5.41) is 2.27. The van der Waals surface area contributed by atoms with Crippen LogP contribution in [0.2, 0.25) is 5.04 Å². The fourth-order valence-electron chi connectivity index (χ4n) is 7.15. The Morgan fingerprint density at radius 1 is 0.538 bits per heavy atom. The van der Waals surface area contributed by atoms with Crippen LogP contribution >= 0.6 is 11.8 Å². The van der Waals surface area contributed by atoms with Gasteiger partial charge in [-0.1, -0.05) is 179 Å². The minimum atomic E-state index is -2.87. The van der Waals surface area contributed by atoms with Gasteiger partial charge >= 0.3 is 0 Å². The molecule has 6 rings (SSSR count). The second-order valence-corrected chi connectivity index (χ2v) is 19.9. The second-order valence-electron chi connectivity index (χ2n) is 14.3. The zero-order valence-corrected chi connectivity index (χ0v) is 32.6. The van der Waals surface area contributed by atoms with E-state index in [1.165, 1.54) is 10.4 Å². The number of thioether (sulfide) groups is 1. The van der Waals surface area contributed by atoms with Crippen molar-refractivity contribution in [2.24, 2.45) is 0 Å². The van der Waals surface area contributed by atoms with E-state index in [4.69, 9.17) is 23.4 Å². The van der Waals surface area contributed by atoms with Crippen molar-refractivity contribution in [1.29, 1.82) is 0 Å². The molecule has 5 nitrogen and oxygen atoms in total. The van der Waals surface area contributed by atoms with Crippen molar-refractivity contribution in [3.05, 3.63) is 168 Å². The van der Waals surface area contributed by atoms with Crippen LogP contribution in [0.5, 0.6) is 0 Å². The van der Waals surface area contributed by atoms with E-state index in [2.05, 4.69) is 125 Å². The summed E-state index contributed by atoms with van der Waals surface area (Å²) >= 11 is 1.75. The van der Waals surface area contributed by atoms with Crippen LogP contribution in [0.1, 0.15) is 44.4 Å². The number of benzene rings is 5. The predicted octanol–water partition coefficient (Wildman–Crippen LogP) is 8.80. The molecule has 7 heteroatoms. The highest BCUT2D eigenvalue weighted by molar-refractivity contribution is 7.99. The molecule has 0 amide bonds. The van der Waals surface area contributed by atoms with Crippen LogP contribution in [0, 0.1) is 0 Å². The highest BCUT2D eigenvalue weighted by atomic mass is 32.2. The van der Waals surface area contributed by atoms with Gasteiger partial charge in [0.2, 0.25) is 0 Å². The highest BCUT2D eigenvalue weighted by Crippen LogP contribution is 2.39. The molecule has 1 fully saturated rings. The van der Waals surface area contributed by atoms with E-state index in [9.17, 15) is 0 Å². The molecule has 0 spiro atoms. The van der Waals surface area contributed by atoms with Crippen LogP contribution in [-0.4, -0.2) is 50.5 Å². The van der Waals surface area contributed by atoms with E-state index in [1.54, 1.807) is 11.8 Å². The Balaban J connectivity index is 1.39. The quantitative estimate of drug-likeness (QED) is 0.0946. The number of ether oxygens (including phenoxy) is 4. The molecule has 1 aliphatic rings. The summed E-state index contributed by atoms with van der Waals surface area (Å²) in [5.74, 6) is 0.860. The molecule has 1 aliphatic heterocycles. The van der Waals surface area contributed by atoms with Gasteiger partial charge in [-0.15, -0.1) is 11.8 Å². The van der Waals surface area contributed by atoms with Crippen LogP contribution in [-0.2, 0) is 43.2 Å². The molecule has 272 valence electrons. The van der Waals surface area contributed by atoms with E-state index >= 15 is 0 Å². The van der Waals surface area contributed by atoms with Crippen molar-refractivity contribution in [3.63, 3.8) is 0 Å². The zero-order chi connectivity index (χ0) is 36.2. The lowest BCUT2D eigenvalue weighted by Gasteiger charge is -2.48. The fraction of sp³-hybridized carbons (Fsp3) is 0.333. The SMILES string of the molecule is CCS[C@H]1O[C@H](CO[Si](c2ccccc2)(c2ccccc2)C(C)(C)C)[C@H](OCc2ccccc2)[C@H](OCc2ccccc2)[C@H]1OCc1ccccc1. The van der Waals surface area contributed by atoms with Crippen molar-refractivity contribution in [3.8, 4) is 0 Å². The molecular weight excluding hydrogens is 681 g/mol. The summed E-state index contributed by atoms with van der Waals surface area (Å²) in [6, 6.07) is 52.5. The second kappa shape index (κ2) is 18.5. The normalized spacial score (nSPS) is 20.8. The first-order chi connectivity index (χ1) is 25.4. The van der Waals surface area contributed by atoms with Crippen molar-refractivity contribution >= 4 is 30.5 Å². The Kier molecular flexibility index (Phi) is 13.6. The maximum atomic E-state index is 7.52. The molecule has 5 atom stereocenters. The Bertz CT molecular complexity index is 1700. The van der Waals surface area contributed by atoms with Crippen LogP contribution in [0.25, 0.3) is 0 Å². The van der Waals surface area contributed by atoms with Crippen LogP contribution in [0.15, 0.2) is 152 Å². The molecule has 1 saturated heterocycles. The maximum absolute atomic E-state index is 7.52. The van der Waals surface area contributed by atoms with Crippen molar-refractivity contribution in [2.75, 3.05) is 12.4 Å². The average molecular weight is 733 g/mol. The fourth-order valence-corrected chi connectivity index (χ4v) is 12.7. The lowest BCUT2D eigenvalue weighted by molar-refractivity contribution is -0.251. The van der Waals surface area contributed by atoms with Gasteiger partial charge in [0.15, 0.2) is 0 Å². The third-order valence-corrected chi connectivity index (χ3v) is 15.7. The monoisotopic (exact) mass is 732 g/mol. The Labute approximate surface area is 315 Å². The largest absolute Gasteiger partial charge is 0.405 e. The first-order valence-corrected chi connectivity index (χ1v) is 21.3. The standard InChI is InChI=1S/C45H52O5SSi/c1-5-51-44-43(48-33-37-25-15-8-16-26-37)42(47-32-36-23-13-7-14-24-36)41(46-31-35-21-11-6-12-22-35)40(50-44)34-49-52(45(2,3)4,38-27-17-9-18-28-38)39-29-19-10-20-30-39/h6-30,40-44H,5,31-34H2,1-4H3/t40-,41+,42+,43-,44-/m1/s1. The van der Waals surface area contributed by atoms with Gasteiger partial charge in [0.25, 0.3) is 8.32 Å². The van der Waals surface area contributed by atoms with Gasteiger partial charge in [0.05, 0.1) is 26.4 Å². The van der Waals surface area contributed by atoms with Crippen molar-refractivity contribution in [2.45, 2.75) is 82.4 Å². The van der Waals surface area contributed by atoms with Gasteiger partial charge in [0, 0.05) is 0 Å². The van der Waals surface area contributed by atoms with E-state index < -0.39 is 32.7 Å². The van der Waals surface area contributed by atoms with E-state index in [0.29, 0.717) is 26.4 Å². The van der Waals surface area contributed by atoms with E-state index in [0.717, 1.165) is 22.4 Å². The average Bonchev–Trinajstić information content (AvgIpc) is 3.18. The smallest absolute Gasteiger partial charge is 0.261 e. The van der Waals surface area contributed by atoms with Crippen molar-refractivity contribution in [1.82, 2.24) is 0 Å². The van der Waals surface area contributed by atoms with E-state index in [1.807, 2.05) is 54.6 Å². The number of rotatable bonds is 16. The van der Waals surface area contributed by atoms with E-state index in [-0.39, 0.29) is 10.5 Å². The Morgan fingerprint density at radius 2 is 0.923 bits per heavy atom. The van der Waals surface area contributed by atoms with Gasteiger partial charge in [-0.2, -0.15) is 0 Å². The summed E-state index contributed by atoms with van der Waals surface area (Å²) in [6.45, 7) is 10.7. The van der Waals surface area contributed by atoms with Gasteiger partial charge < -0.3 is 23.4 Å². The molecule has 5 aromatic rings. The van der Waals surface area contributed by atoms with Gasteiger partial charge in [0.1, 0.15) is 29.9 Å². The molecule has 0 radical (unpaired) electrons. The predicted molar refractivity (Wildman–Crippen MR) is 215 cm³/mol. The summed E-state index contributed by atoms with van der Waals surface area (Å²) in [6.07, 6.45) is -1.72. The number of hydrogen-bond donors (Lipinski definition) is 0. The van der Waals surface area contributed by atoms with Gasteiger partial charge in [-0.05, 0) is 37.9 Å². The molecule has 0 bridgehead atoms. The zero-order valence-electron chi connectivity index (χ0n) is 30.8. The molecule has 1 heterocycles. The minimum Gasteiger partial charge on any atom is -0.405 e. The molecule has 0 aromatic heterocycles. The molecule has 52 heavy (non-hydrogen) atoms. The van der Waals surface area contributed by atoms with Gasteiger partial charge in [-0.25, -0.2) is 0 Å². The summed E-state index contributed by atoms with van der Waals surface area (Å²) in [7, 11) is -2.87.